The van der Waals surface area contributed by atoms with Crippen molar-refractivity contribution in [3.05, 3.63) is 0 Å². The van der Waals surface area contributed by atoms with Crippen LogP contribution in [0.15, 0.2) is 0 Å². The highest BCUT2D eigenvalue weighted by Crippen LogP contribution is 2.24. The molecule has 34 heteroatoms. The van der Waals surface area contributed by atoms with Crippen LogP contribution in [0.25, 0.3) is 0 Å². The molecular weight excluding hydrogens is 1090 g/mol. The second-order valence-electron chi connectivity index (χ2n) is 16.8. The fourth-order valence-electron chi connectivity index (χ4n) is 4.77. The Morgan fingerprint density at radius 1 is 0.461 bits per heavy atom. The molecule has 0 bridgehead atoms. The molecule has 0 aliphatic rings. The Morgan fingerprint density at radius 2 is 0.711 bits per heavy atom. The van der Waals surface area contributed by atoms with E-state index in [0.29, 0.717) is 0 Å². The van der Waals surface area contributed by atoms with Crippen LogP contribution >= 0.6 is 0 Å². The van der Waals surface area contributed by atoms with Crippen LogP contribution in [0.1, 0.15) is 94.9 Å². The number of ether oxygens (including phenoxy) is 10. The zero-order chi connectivity index (χ0) is 61.4. The highest BCUT2D eigenvalue weighted by molar-refractivity contribution is 7.88. The number of hydrogen-bond donors (Lipinski definition) is 3. The van der Waals surface area contributed by atoms with E-state index in [4.69, 9.17) is 19.7 Å². The number of methoxy groups -OCH3 is 5. The lowest BCUT2D eigenvalue weighted by molar-refractivity contribution is -0.188. The van der Waals surface area contributed by atoms with Gasteiger partial charge in [0, 0.05) is 0 Å². The van der Waals surface area contributed by atoms with Crippen LogP contribution in [0.5, 0.6) is 0 Å². The van der Waals surface area contributed by atoms with Crippen molar-refractivity contribution in [3.8, 4) is 0 Å². The molecule has 76 heavy (non-hydrogen) atoms. The molecule has 3 N–H and O–H groups in total. The van der Waals surface area contributed by atoms with Gasteiger partial charge in [-0.25, -0.2) is 4.79 Å². The first-order valence-electron chi connectivity index (χ1n) is 21.3. The van der Waals surface area contributed by atoms with E-state index in [1.165, 1.54) is 27.9 Å². The third-order valence-electron chi connectivity index (χ3n) is 8.46. The maximum Gasteiger partial charge on any atom is 0.470 e. The second kappa shape index (κ2) is 38.0. The van der Waals surface area contributed by atoms with Crippen LogP contribution in [0.3, 0.4) is 0 Å². The molecule has 0 fully saturated rings. The van der Waals surface area contributed by atoms with Crippen LogP contribution in [0.4, 0.5) is 39.0 Å². The molecule has 448 valence electrons. The lowest BCUT2D eigenvalue weighted by Gasteiger charge is -2.24. The van der Waals surface area contributed by atoms with Gasteiger partial charge in [-0.3, -0.25) is 38.4 Å². The molecule has 24 nitrogen and oxygen atoms in total. The van der Waals surface area contributed by atoms with E-state index in [-0.39, 0.29) is 19.3 Å². The molecular formula is C42H67F9O24S. The molecule has 0 unspecified atom stereocenters. The first-order chi connectivity index (χ1) is 34.2. The third kappa shape index (κ3) is 38.9. The van der Waals surface area contributed by atoms with Gasteiger partial charge in [-0.2, -0.15) is 43.5 Å². The van der Waals surface area contributed by atoms with Gasteiger partial charge in [0.05, 0.1) is 109 Å². The summed E-state index contributed by atoms with van der Waals surface area (Å²) in [6.07, 6.45) is -5.91. The zero-order valence-corrected chi connectivity index (χ0v) is 44.7. The van der Waals surface area contributed by atoms with Gasteiger partial charge >= 0.3 is 89.0 Å². The molecule has 0 aromatic heterocycles. The van der Waals surface area contributed by atoms with Crippen LogP contribution in [0.2, 0.25) is 0 Å². The molecule has 8 atom stereocenters. The molecule has 0 radical (unpaired) electrons. The smallest absolute Gasteiger partial charge is 0.470 e. The van der Waals surface area contributed by atoms with Crippen molar-refractivity contribution >= 4 is 63.9 Å². The molecule has 0 spiro atoms. The highest BCUT2D eigenvalue weighted by atomic mass is 32.3. The highest BCUT2D eigenvalue weighted by Gasteiger charge is 2.54. The van der Waals surface area contributed by atoms with Crippen molar-refractivity contribution in [2.75, 3.05) is 35.5 Å². The number of carbonyl (C=O) groups is 9. The minimum atomic E-state index is -6.33. The van der Waals surface area contributed by atoms with E-state index in [2.05, 4.69) is 37.9 Å². The summed E-state index contributed by atoms with van der Waals surface area (Å²) in [6.45, 7) is 6.22. The van der Waals surface area contributed by atoms with E-state index in [9.17, 15) is 95.7 Å². The number of esters is 7. The zero-order valence-electron chi connectivity index (χ0n) is 43.9. The van der Waals surface area contributed by atoms with Crippen LogP contribution < -0.4 is 0 Å². The van der Waals surface area contributed by atoms with Gasteiger partial charge in [0.1, 0.15) is 11.2 Å². The summed E-state index contributed by atoms with van der Waals surface area (Å²) < 4.78 is 169. The Balaban J connectivity index is -0.000000280. The molecule has 0 saturated heterocycles. The van der Waals surface area contributed by atoms with E-state index in [1.54, 1.807) is 41.5 Å². The topological polar surface area (TPSA) is 341 Å². The summed E-state index contributed by atoms with van der Waals surface area (Å²) in [4.78, 5) is 98.7. The van der Waals surface area contributed by atoms with Gasteiger partial charge in [-0.05, 0) is 69.2 Å². The predicted octanol–water partition coefficient (Wildman–Crippen LogP) is 4.83. The number of aliphatic carboxylic acids is 2. The average molecular weight is 1160 g/mol. The summed E-state index contributed by atoms with van der Waals surface area (Å²) in [5, 5.41) is 20.1. The maximum atomic E-state index is 12.1. The maximum absolute atomic E-state index is 12.1. The summed E-state index contributed by atoms with van der Waals surface area (Å²) in [6, 6.07) is 0. The number of aliphatic hydroxyl groups is 1. The number of aliphatic hydroxyl groups excluding tert-OH is 1. The molecule has 0 amide bonds. The van der Waals surface area contributed by atoms with E-state index in [1.807, 2.05) is 0 Å². The number of halogens is 9. The van der Waals surface area contributed by atoms with Crippen LogP contribution in [-0.2, 0) is 101 Å². The number of carboxylic acid groups (broad SMARTS) is 2. The number of alkyl halides is 8. The molecule has 0 aromatic carbocycles. The van der Waals surface area contributed by atoms with Crippen molar-refractivity contribution in [3.63, 3.8) is 0 Å². The Hall–Kier alpha value is -5.61. The van der Waals surface area contributed by atoms with Crippen LogP contribution in [-0.4, -0.2) is 174 Å². The van der Waals surface area contributed by atoms with E-state index < -0.39 is 155 Å². The van der Waals surface area contributed by atoms with Crippen molar-refractivity contribution in [1.29, 1.82) is 0 Å². The molecule has 0 aliphatic carbocycles. The Bertz CT molecular complexity index is 1910. The van der Waals surface area contributed by atoms with Crippen molar-refractivity contribution in [2.45, 2.75) is 156 Å². The monoisotopic (exact) mass is 1160 g/mol. The number of hydrogen-bond acceptors (Lipinski definition) is 22. The largest absolute Gasteiger partial charge is 0.481 e. The van der Waals surface area contributed by atoms with Gasteiger partial charge < -0.3 is 62.7 Å². The third-order valence-corrected chi connectivity index (χ3v) is 9.25. The molecule has 0 rings (SSSR count). The summed E-state index contributed by atoms with van der Waals surface area (Å²) in [5.41, 5.74) is -1.32. The van der Waals surface area contributed by atoms with E-state index >= 15 is 0 Å². The first-order valence-corrected chi connectivity index (χ1v) is 22.7. The number of carboxylic acids is 2. The van der Waals surface area contributed by atoms with Gasteiger partial charge in [-0.1, -0.05) is 3.89 Å². The SMILES string of the molecule is COC(=O)C[C@H](C(=O)O)[C@@H](C)OC(F)F.COC(=O)C[C@H](C(=O)OC)[C@@H](C)OC(F)F.COC(=O)[C@@H](CC(=O)OC(C)(C)C)[C@@H](C)O.COC(=O)[C@@H](CC(=O)OC(C)(C)C)[C@@H](C)OC(F)F.O=C(O)C(F)(F)S(=O)(=O)F. The molecule has 0 saturated carbocycles. The quantitative estimate of drug-likeness (QED) is 0.0504. The van der Waals surface area contributed by atoms with E-state index in [0.717, 1.165) is 35.4 Å². The van der Waals surface area contributed by atoms with Crippen molar-refractivity contribution in [2.24, 2.45) is 23.7 Å². The number of rotatable bonds is 24. The fraction of sp³-hybridized carbons (Fsp3) is 0.786. The summed E-state index contributed by atoms with van der Waals surface area (Å²) >= 11 is 0. The van der Waals surface area contributed by atoms with Gasteiger partial charge in [-0.15, -0.1) is 0 Å². The van der Waals surface area contributed by atoms with Crippen LogP contribution in [0, 0.1) is 23.7 Å². The Morgan fingerprint density at radius 3 is 0.908 bits per heavy atom. The first kappa shape index (κ1) is 79.3. The molecule has 0 heterocycles. The van der Waals surface area contributed by atoms with Gasteiger partial charge in [0.15, 0.2) is 0 Å². The second-order valence-corrected chi connectivity index (χ2v) is 18.2. The summed E-state index contributed by atoms with van der Waals surface area (Å²) in [7, 11) is -0.692. The average Bonchev–Trinajstić information content (AvgIpc) is 3.25. The minimum absolute atomic E-state index is 0.179. The molecule has 0 aromatic rings. The fourth-order valence-corrected chi connectivity index (χ4v) is 4.98. The minimum Gasteiger partial charge on any atom is -0.481 e. The lowest BCUT2D eigenvalue weighted by Crippen LogP contribution is -2.35. The van der Waals surface area contributed by atoms with Crippen molar-refractivity contribution < 1.29 is 153 Å². The van der Waals surface area contributed by atoms with Gasteiger partial charge in [0.25, 0.3) is 0 Å². The van der Waals surface area contributed by atoms with Crippen molar-refractivity contribution in [1.82, 2.24) is 0 Å². The normalized spacial score (nSPS) is 14.6. The summed E-state index contributed by atoms with van der Waals surface area (Å²) in [5.74, 6) is -13.7. The number of carbonyl (C=O) groups excluding carboxylic acids is 7. The predicted molar refractivity (Wildman–Crippen MR) is 236 cm³/mol. The standard InChI is InChI=1S/C12H20F2O5.C11H20O5.C9H14F2O5.C8H12F2O5.C2HF3O4S/c1-7(18-11(13)14)8(10(16)17-5)6-9(15)19-12(2,3)4;1-7(12)8(10(14)15-5)6-9(13)16-11(2,3)4;1-5(16-9(10)11)6(8(13)15-3)4-7(12)14-2;1-4(15-8(9)10)5(7(12)13)3-6(11)14-2;3-2(4,1(6)7)10(5,8)9/h7-8,11H,6H2,1-5H3;7-8,12H,6H2,1-5H3;5-6,9H,4H2,1-3H3;4-5,8H,3H2,1-2H3,(H,12,13);(H,6,7)/t2*7-,8+;5-,6+;4-,5+;/m1111./s1. The Kier molecular flexibility index (Phi) is 39.7. The molecule has 0 aliphatic heterocycles. The van der Waals surface area contributed by atoms with Gasteiger partial charge in [0.2, 0.25) is 0 Å². The Labute approximate surface area is 431 Å². The lowest BCUT2D eigenvalue weighted by atomic mass is 9.99.